The largest absolute Gasteiger partial charge is 0.353 e. The van der Waals surface area contributed by atoms with Crippen molar-refractivity contribution in [3.05, 3.63) is 84.2 Å². The highest BCUT2D eigenvalue weighted by Crippen LogP contribution is 2.39. The van der Waals surface area contributed by atoms with Gasteiger partial charge >= 0.3 is 0 Å². The zero-order chi connectivity index (χ0) is 17.2. The van der Waals surface area contributed by atoms with Crippen molar-refractivity contribution in [2.75, 3.05) is 0 Å². The normalized spacial score (nSPS) is 19.9. The lowest BCUT2D eigenvalue weighted by atomic mass is 10.0. The lowest BCUT2D eigenvalue weighted by molar-refractivity contribution is 0.297. The number of aryl methyl sites for hydroxylation is 1. The molecule has 1 N–H and O–H groups in total. The highest BCUT2D eigenvalue weighted by Gasteiger charge is 2.40. The van der Waals surface area contributed by atoms with Gasteiger partial charge in [-0.15, -0.1) is 0 Å². The van der Waals surface area contributed by atoms with Gasteiger partial charge in [0, 0.05) is 31.3 Å². The molecule has 0 bridgehead atoms. The average molecular weight is 349 g/mol. The molecule has 0 aliphatic carbocycles. The monoisotopic (exact) mass is 349 g/mol. The quantitative estimate of drug-likeness (QED) is 0.734. The second kappa shape index (κ2) is 6.64. The van der Waals surface area contributed by atoms with Gasteiger partial charge in [0.15, 0.2) is 5.11 Å². The second-order valence-corrected chi connectivity index (χ2v) is 6.51. The molecule has 5 nitrogen and oxygen atoms in total. The molecule has 2 atom stereocenters. The fourth-order valence-corrected chi connectivity index (χ4v) is 3.65. The summed E-state index contributed by atoms with van der Waals surface area (Å²) in [6.45, 7) is 0.659. The topological polar surface area (TPSA) is 46.0 Å². The Labute approximate surface area is 152 Å². The van der Waals surface area contributed by atoms with Gasteiger partial charge in [-0.05, 0) is 48.6 Å². The minimum absolute atomic E-state index is 0.00557. The van der Waals surface area contributed by atoms with Crippen molar-refractivity contribution in [3.63, 3.8) is 0 Å². The summed E-state index contributed by atoms with van der Waals surface area (Å²) in [5, 5.41) is 4.19. The Kier molecular flexibility index (Phi) is 4.19. The van der Waals surface area contributed by atoms with Crippen LogP contribution in [0, 0.1) is 0 Å². The third kappa shape index (κ3) is 3.00. The molecule has 0 radical (unpaired) electrons. The number of thiocarbonyl (C=S) groups is 1. The van der Waals surface area contributed by atoms with Gasteiger partial charge in [0.25, 0.3) is 0 Å². The van der Waals surface area contributed by atoms with E-state index in [4.69, 9.17) is 12.2 Å². The minimum Gasteiger partial charge on any atom is -0.353 e. The fraction of sp³-hybridized carbons (Fsp3) is 0.211. The number of aromatic nitrogens is 3. The molecule has 0 amide bonds. The molecule has 3 aromatic heterocycles. The number of pyridine rings is 2. The number of nitrogens with zero attached hydrogens (tertiary/aromatic N) is 4. The summed E-state index contributed by atoms with van der Waals surface area (Å²) in [4.78, 5) is 11.2. The minimum atomic E-state index is 0.00557. The van der Waals surface area contributed by atoms with Gasteiger partial charge in [-0.3, -0.25) is 9.97 Å². The zero-order valence-electron chi connectivity index (χ0n) is 13.9. The van der Waals surface area contributed by atoms with Gasteiger partial charge in [-0.1, -0.05) is 12.1 Å². The molecule has 1 aliphatic rings. The number of nitrogens with one attached hydrogen (secondary N) is 1. The van der Waals surface area contributed by atoms with Gasteiger partial charge < -0.3 is 14.8 Å². The number of rotatable bonds is 4. The van der Waals surface area contributed by atoms with Crippen LogP contribution in [0.5, 0.6) is 0 Å². The van der Waals surface area contributed by atoms with Crippen molar-refractivity contribution in [2.45, 2.75) is 18.6 Å². The van der Waals surface area contributed by atoms with Crippen LogP contribution in [-0.4, -0.2) is 24.5 Å². The first-order valence-corrected chi connectivity index (χ1v) is 8.64. The molecule has 0 aromatic carbocycles. The SMILES string of the molecule is Cn1cccc1[C@H]1[C@H](c2ccccn2)NC(=S)N1Cc1ccccn1. The molecule has 3 aromatic rings. The Hall–Kier alpha value is -2.73. The van der Waals surface area contributed by atoms with Crippen LogP contribution in [-0.2, 0) is 13.6 Å². The first-order valence-electron chi connectivity index (χ1n) is 8.23. The zero-order valence-corrected chi connectivity index (χ0v) is 14.7. The van der Waals surface area contributed by atoms with Crippen molar-refractivity contribution in [1.29, 1.82) is 0 Å². The van der Waals surface area contributed by atoms with Gasteiger partial charge in [0.05, 0.1) is 30.0 Å². The summed E-state index contributed by atoms with van der Waals surface area (Å²) in [5.74, 6) is 0. The maximum Gasteiger partial charge on any atom is 0.170 e. The Morgan fingerprint density at radius 2 is 1.84 bits per heavy atom. The van der Waals surface area contributed by atoms with Crippen LogP contribution in [0.3, 0.4) is 0 Å². The standard InChI is InChI=1S/C19H19N5S/c1-23-12-6-9-16(23)18-17(15-8-3-5-11-21-15)22-19(25)24(18)13-14-7-2-4-10-20-14/h2-12,17-18H,13H2,1H3,(H,22,25)/t17-,18-/m0/s1. The van der Waals surface area contributed by atoms with E-state index in [0.717, 1.165) is 16.5 Å². The van der Waals surface area contributed by atoms with E-state index in [-0.39, 0.29) is 12.1 Å². The third-order valence-electron chi connectivity index (χ3n) is 4.54. The molecular formula is C19H19N5S. The van der Waals surface area contributed by atoms with Crippen molar-refractivity contribution >= 4 is 17.3 Å². The van der Waals surface area contributed by atoms with Gasteiger partial charge in [0.1, 0.15) is 0 Å². The highest BCUT2D eigenvalue weighted by molar-refractivity contribution is 7.80. The van der Waals surface area contributed by atoms with E-state index in [2.05, 4.69) is 50.1 Å². The molecule has 1 fully saturated rings. The molecule has 6 heteroatoms. The van der Waals surface area contributed by atoms with Crippen LogP contribution in [0.25, 0.3) is 0 Å². The summed E-state index contributed by atoms with van der Waals surface area (Å²) >= 11 is 5.66. The highest BCUT2D eigenvalue weighted by atomic mass is 32.1. The van der Waals surface area contributed by atoms with Crippen molar-refractivity contribution in [1.82, 2.24) is 24.8 Å². The maximum atomic E-state index is 5.66. The van der Waals surface area contributed by atoms with Crippen LogP contribution in [0.2, 0.25) is 0 Å². The van der Waals surface area contributed by atoms with E-state index < -0.39 is 0 Å². The van der Waals surface area contributed by atoms with Gasteiger partial charge in [0.2, 0.25) is 0 Å². The Morgan fingerprint density at radius 1 is 1.04 bits per heavy atom. The predicted octanol–water partition coefficient (Wildman–Crippen LogP) is 2.99. The van der Waals surface area contributed by atoms with Crippen LogP contribution in [0.1, 0.15) is 29.2 Å². The van der Waals surface area contributed by atoms with Crippen LogP contribution in [0.4, 0.5) is 0 Å². The summed E-state index contributed by atoms with van der Waals surface area (Å²) in [6.07, 6.45) is 5.70. The first kappa shape index (κ1) is 15.8. The van der Waals surface area contributed by atoms with Crippen molar-refractivity contribution in [3.8, 4) is 0 Å². The van der Waals surface area contributed by atoms with E-state index in [1.807, 2.05) is 48.8 Å². The number of hydrogen-bond donors (Lipinski definition) is 1. The Balaban J connectivity index is 1.74. The van der Waals surface area contributed by atoms with Crippen LogP contribution < -0.4 is 5.32 Å². The lowest BCUT2D eigenvalue weighted by Gasteiger charge is -2.28. The summed E-state index contributed by atoms with van der Waals surface area (Å²) in [7, 11) is 2.06. The van der Waals surface area contributed by atoms with E-state index in [0.29, 0.717) is 6.54 Å². The lowest BCUT2D eigenvalue weighted by Crippen LogP contribution is -2.30. The maximum absolute atomic E-state index is 5.66. The second-order valence-electron chi connectivity index (χ2n) is 6.12. The van der Waals surface area contributed by atoms with Gasteiger partial charge in [-0.2, -0.15) is 0 Å². The van der Waals surface area contributed by atoms with E-state index >= 15 is 0 Å². The molecule has 126 valence electrons. The fourth-order valence-electron chi connectivity index (χ4n) is 3.35. The molecule has 0 spiro atoms. The van der Waals surface area contributed by atoms with Crippen molar-refractivity contribution in [2.24, 2.45) is 7.05 Å². The molecule has 0 saturated carbocycles. The molecule has 1 aliphatic heterocycles. The average Bonchev–Trinajstić information content (AvgIpc) is 3.20. The molecule has 25 heavy (non-hydrogen) atoms. The Morgan fingerprint density at radius 3 is 2.48 bits per heavy atom. The van der Waals surface area contributed by atoms with Crippen LogP contribution >= 0.6 is 12.2 Å². The predicted molar refractivity (Wildman–Crippen MR) is 101 cm³/mol. The Bertz CT molecular complexity index is 862. The molecule has 0 unspecified atom stereocenters. The van der Waals surface area contributed by atoms with Crippen molar-refractivity contribution < 1.29 is 0 Å². The molecule has 4 heterocycles. The van der Waals surface area contributed by atoms with E-state index in [9.17, 15) is 0 Å². The summed E-state index contributed by atoms with van der Waals surface area (Å²) in [5.41, 5.74) is 3.17. The van der Waals surface area contributed by atoms with E-state index in [1.54, 1.807) is 0 Å². The summed E-state index contributed by atoms with van der Waals surface area (Å²) in [6, 6.07) is 16.2. The smallest absolute Gasteiger partial charge is 0.170 e. The molecule has 1 saturated heterocycles. The molecular weight excluding hydrogens is 330 g/mol. The van der Waals surface area contributed by atoms with Crippen LogP contribution in [0.15, 0.2) is 67.1 Å². The third-order valence-corrected chi connectivity index (χ3v) is 4.90. The number of hydrogen-bond acceptors (Lipinski definition) is 3. The van der Waals surface area contributed by atoms with Gasteiger partial charge in [-0.25, -0.2) is 0 Å². The summed E-state index contributed by atoms with van der Waals surface area (Å²) < 4.78 is 2.14. The molecule has 4 rings (SSSR count). The first-order chi connectivity index (χ1) is 12.2. The van der Waals surface area contributed by atoms with E-state index in [1.165, 1.54) is 5.69 Å².